The number of benzene rings is 2. The van der Waals surface area contributed by atoms with Gasteiger partial charge in [-0.3, -0.25) is 9.10 Å². The minimum atomic E-state index is -3.59. The number of rotatable bonds is 6. The van der Waals surface area contributed by atoms with E-state index in [1.807, 2.05) is 0 Å². The van der Waals surface area contributed by atoms with Crippen LogP contribution in [-0.2, 0) is 14.8 Å². The highest BCUT2D eigenvalue weighted by Crippen LogP contribution is 2.21. The monoisotopic (exact) mass is 412 g/mol. The van der Waals surface area contributed by atoms with Crippen molar-refractivity contribution in [2.24, 2.45) is 0 Å². The molecule has 0 unspecified atom stereocenters. The Morgan fingerprint density at radius 2 is 1.71 bits per heavy atom. The lowest BCUT2D eigenvalue weighted by atomic mass is 10.3. The molecule has 0 saturated heterocycles. The standard InChI is InChI=1S/C16H17BrN2O4S/c1-23-15-9-5-13(6-10-15)18-16(20)11-19(24(2,21)22)14-7-3-12(17)4-8-14/h3-10H,11H2,1-2H3,(H,18,20). The number of carbonyl (C=O) groups excluding carboxylic acids is 1. The van der Waals surface area contributed by atoms with Crippen LogP contribution in [0.15, 0.2) is 53.0 Å². The quantitative estimate of drug-likeness (QED) is 0.791. The summed E-state index contributed by atoms with van der Waals surface area (Å²) in [4.78, 5) is 12.2. The van der Waals surface area contributed by atoms with Crippen molar-refractivity contribution in [1.29, 1.82) is 0 Å². The van der Waals surface area contributed by atoms with Crippen molar-refractivity contribution in [3.63, 3.8) is 0 Å². The molecule has 0 spiro atoms. The molecule has 6 nitrogen and oxygen atoms in total. The van der Waals surface area contributed by atoms with Crippen molar-refractivity contribution in [2.45, 2.75) is 0 Å². The summed E-state index contributed by atoms with van der Waals surface area (Å²) in [7, 11) is -2.04. The van der Waals surface area contributed by atoms with Gasteiger partial charge >= 0.3 is 0 Å². The Hall–Kier alpha value is -2.06. The Labute approximate surface area is 149 Å². The molecule has 1 amide bonds. The van der Waals surface area contributed by atoms with Crippen molar-refractivity contribution < 1.29 is 17.9 Å². The number of amides is 1. The molecule has 0 atom stereocenters. The van der Waals surface area contributed by atoms with Crippen LogP contribution in [0.25, 0.3) is 0 Å². The second kappa shape index (κ2) is 7.67. The van der Waals surface area contributed by atoms with E-state index >= 15 is 0 Å². The lowest BCUT2D eigenvalue weighted by molar-refractivity contribution is -0.114. The van der Waals surface area contributed by atoms with E-state index < -0.39 is 15.9 Å². The van der Waals surface area contributed by atoms with Crippen LogP contribution in [0.5, 0.6) is 5.75 Å². The first kappa shape index (κ1) is 18.3. The Morgan fingerprint density at radius 3 is 2.21 bits per heavy atom. The van der Waals surface area contributed by atoms with Crippen LogP contribution in [0, 0.1) is 0 Å². The van der Waals surface area contributed by atoms with Gasteiger partial charge in [-0.1, -0.05) is 15.9 Å². The lowest BCUT2D eigenvalue weighted by Gasteiger charge is -2.22. The van der Waals surface area contributed by atoms with E-state index in [1.54, 1.807) is 55.6 Å². The summed E-state index contributed by atoms with van der Waals surface area (Å²) < 4.78 is 30.9. The molecule has 24 heavy (non-hydrogen) atoms. The second-order valence-corrected chi connectivity index (χ2v) is 7.85. The zero-order valence-corrected chi connectivity index (χ0v) is 15.6. The van der Waals surface area contributed by atoms with Crippen molar-refractivity contribution in [3.05, 3.63) is 53.0 Å². The van der Waals surface area contributed by atoms with E-state index in [1.165, 1.54) is 0 Å². The summed E-state index contributed by atoms with van der Waals surface area (Å²) in [6.07, 6.45) is 1.07. The summed E-state index contributed by atoms with van der Waals surface area (Å²) >= 11 is 3.29. The third kappa shape index (κ3) is 4.97. The molecule has 0 aliphatic rings. The Kier molecular flexibility index (Phi) is 5.84. The van der Waals surface area contributed by atoms with Gasteiger partial charge in [0.25, 0.3) is 0 Å². The number of hydrogen-bond acceptors (Lipinski definition) is 4. The maximum absolute atomic E-state index is 12.2. The van der Waals surface area contributed by atoms with E-state index in [2.05, 4.69) is 21.2 Å². The van der Waals surface area contributed by atoms with Gasteiger partial charge in [-0.05, 0) is 48.5 Å². The van der Waals surface area contributed by atoms with E-state index in [4.69, 9.17) is 4.74 Å². The van der Waals surface area contributed by atoms with Gasteiger partial charge in [-0.25, -0.2) is 8.42 Å². The molecule has 0 bridgehead atoms. The number of nitrogens with one attached hydrogen (secondary N) is 1. The molecule has 2 rings (SSSR count). The summed E-state index contributed by atoms with van der Waals surface area (Å²) in [6, 6.07) is 13.5. The predicted octanol–water partition coefficient (Wildman–Crippen LogP) is 2.86. The largest absolute Gasteiger partial charge is 0.497 e. The van der Waals surface area contributed by atoms with Gasteiger partial charge < -0.3 is 10.1 Å². The molecule has 2 aromatic carbocycles. The maximum Gasteiger partial charge on any atom is 0.245 e. The minimum absolute atomic E-state index is 0.313. The predicted molar refractivity (Wildman–Crippen MR) is 98.0 cm³/mol. The number of hydrogen-bond donors (Lipinski definition) is 1. The van der Waals surface area contributed by atoms with Crippen LogP contribution in [0.2, 0.25) is 0 Å². The molecule has 0 saturated carbocycles. The summed E-state index contributed by atoms with van der Waals surface area (Å²) in [5, 5.41) is 2.67. The third-order valence-electron chi connectivity index (χ3n) is 3.18. The fourth-order valence-electron chi connectivity index (χ4n) is 2.01. The lowest BCUT2D eigenvalue weighted by Crippen LogP contribution is -2.37. The van der Waals surface area contributed by atoms with Gasteiger partial charge in [-0.15, -0.1) is 0 Å². The average molecular weight is 413 g/mol. The van der Waals surface area contributed by atoms with E-state index in [-0.39, 0.29) is 6.54 Å². The van der Waals surface area contributed by atoms with Gasteiger partial charge in [0, 0.05) is 10.2 Å². The molecule has 0 heterocycles. The van der Waals surface area contributed by atoms with Crippen LogP contribution >= 0.6 is 15.9 Å². The molecule has 1 N–H and O–H groups in total. The van der Waals surface area contributed by atoms with Crippen LogP contribution in [0.4, 0.5) is 11.4 Å². The molecule has 0 fully saturated rings. The fraction of sp³-hybridized carbons (Fsp3) is 0.188. The number of nitrogens with zero attached hydrogens (tertiary/aromatic N) is 1. The van der Waals surface area contributed by atoms with Gasteiger partial charge in [0.2, 0.25) is 15.9 Å². The van der Waals surface area contributed by atoms with E-state index in [9.17, 15) is 13.2 Å². The van der Waals surface area contributed by atoms with Crippen molar-refractivity contribution in [3.8, 4) is 5.75 Å². The Bertz CT molecular complexity index is 805. The Balaban J connectivity index is 2.14. The molecule has 2 aromatic rings. The highest BCUT2D eigenvalue weighted by Gasteiger charge is 2.20. The maximum atomic E-state index is 12.2. The molecule has 0 aromatic heterocycles. The first-order chi connectivity index (χ1) is 11.3. The van der Waals surface area contributed by atoms with Crippen molar-refractivity contribution >= 4 is 43.2 Å². The highest BCUT2D eigenvalue weighted by molar-refractivity contribution is 9.10. The first-order valence-corrected chi connectivity index (χ1v) is 9.61. The van der Waals surface area contributed by atoms with Crippen molar-refractivity contribution in [1.82, 2.24) is 0 Å². The van der Waals surface area contributed by atoms with Crippen LogP contribution < -0.4 is 14.4 Å². The van der Waals surface area contributed by atoms with E-state index in [0.717, 1.165) is 15.0 Å². The van der Waals surface area contributed by atoms with Gasteiger partial charge in [0.15, 0.2) is 0 Å². The van der Waals surface area contributed by atoms with Crippen molar-refractivity contribution in [2.75, 3.05) is 29.5 Å². The van der Waals surface area contributed by atoms with Gasteiger partial charge in [-0.2, -0.15) is 0 Å². The van der Waals surface area contributed by atoms with Crippen LogP contribution in [0.1, 0.15) is 0 Å². The Morgan fingerprint density at radius 1 is 1.12 bits per heavy atom. The molecule has 0 aliphatic carbocycles. The highest BCUT2D eigenvalue weighted by atomic mass is 79.9. The number of carbonyl (C=O) groups is 1. The van der Waals surface area contributed by atoms with Crippen LogP contribution in [0.3, 0.4) is 0 Å². The number of anilines is 2. The molecule has 8 heteroatoms. The third-order valence-corrected chi connectivity index (χ3v) is 4.85. The normalized spacial score (nSPS) is 11.0. The average Bonchev–Trinajstić information content (AvgIpc) is 2.53. The zero-order valence-electron chi connectivity index (χ0n) is 13.2. The topological polar surface area (TPSA) is 75.7 Å². The SMILES string of the molecule is COc1ccc(NC(=O)CN(c2ccc(Br)cc2)S(C)(=O)=O)cc1. The molecule has 0 aliphatic heterocycles. The van der Waals surface area contributed by atoms with Gasteiger partial charge in [0.05, 0.1) is 19.1 Å². The van der Waals surface area contributed by atoms with Gasteiger partial charge in [0.1, 0.15) is 12.3 Å². The molecular formula is C16H17BrN2O4S. The molecule has 0 radical (unpaired) electrons. The summed E-state index contributed by atoms with van der Waals surface area (Å²) in [5.41, 5.74) is 0.982. The number of sulfonamides is 1. The second-order valence-electron chi connectivity index (χ2n) is 5.02. The first-order valence-electron chi connectivity index (χ1n) is 6.97. The smallest absolute Gasteiger partial charge is 0.245 e. The number of ether oxygens (including phenoxy) is 1. The molecule has 128 valence electrons. The number of halogens is 1. The number of methoxy groups -OCH3 is 1. The van der Waals surface area contributed by atoms with Crippen LogP contribution in [-0.4, -0.2) is 34.2 Å². The summed E-state index contributed by atoms with van der Waals surface area (Å²) in [5.74, 6) is 0.231. The fourth-order valence-corrected chi connectivity index (χ4v) is 3.13. The van der Waals surface area contributed by atoms with E-state index in [0.29, 0.717) is 17.1 Å². The minimum Gasteiger partial charge on any atom is -0.497 e. The zero-order chi connectivity index (χ0) is 17.7. The molecular weight excluding hydrogens is 396 g/mol. The summed E-state index contributed by atoms with van der Waals surface area (Å²) in [6.45, 7) is -0.313.